The zero-order valence-corrected chi connectivity index (χ0v) is 11.8. The molecule has 2 aromatic rings. The monoisotopic (exact) mass is 297 g/mol. The van der Waals surface area contributed by atoms with Crippen LogP contribution in [0.5, 0.6) is 0 Å². The standard InChI is InChI=1S/C12H16BrN3O/c1-4-16-11(9(13)7-15-16)10(14-3)12-8(2)5-6-17-12/h5-7,10,14H,4H2,1-3H3. The van der Waals surface area contributed by atoms with Crippen molar-refractivity contribution in [2.45, 2.75) is 26.4 Å². The molecule has 1 atom stereocenters. The van der Waals surface area contributed by atoms with Crippen LogP contribution < -0.4 is 5.32 Å². The summed E-state index contributed by atoms with van der Waals surface area (Å²) in [6.07, 6.45) is 3.54. The molecule has 17 heavy (non-hydrogen) atoms. The van der Waals surface area contributed by atoms with Crippen molar-refractivity contribution in [2.75, 3.05) is 7.05 Å². The number of aryl methyl sites for hydroxylation is 2. The average Bonchev–Trinajstić information content (AvgIpc) is 2.89. The molecule has 0 saturated carbocycles. The third kappa shape index (κ3) is 2.17. The minimum Gasteiger partial charge on any atom is -0.467 e. The van der Waals surface area contributed by atoms with Gasteiger partial charge in [-0.2, -0.15) is 5.10 Å². The van der Waals surface area contributed by atoms with Gasteiger partial charge in [-0.25, -0.2) is 0 Å². The third-order valence-corrected chi connectivity index (χ3v) is 3.47. The molecule has 0 aliphatic heterocycles. The van der Waals surface area contributed by atoms with E-state index in [1.165, 1.54) is 0 Å². The van der Waals surface area contributed by atoms with Crippen LogP contribution in [0.3, 0.4) is 0 Å². The normalized spacial score (nSPS) is 12.9. The molecule has 1 N–H and O–H groups in total. The predicted octanol–water partition coefficient (Wildman–Crippen LogP) is 2.88. The summed E-state index contributed by atoms with van der Waals surface area (Å²) in [6.45, 7) is 4.95. The molecule has 0 aromatic carbocycles. The number of hydrogen-bond acceptors (Lipinski definition) is 3. The van der Waals surface area contributed by atoms with Crippen LogP contribution in [-0.2, 0) is 6.54 Å². The minimum atomic E-state index is 0.0156. The molecule has 92 valence electrons. The Labute approximate surface area is 109 Å². The average molecular weight is 298 g/mol. The Bertz CT molecular complexity index is 504. The van der Waals surface area contributed by atoms with Crippen molar-refractivity contribution in [2.24, 2.45) is 0 Å². The van der Waals surface area contributed by atoms with Crippen molar-refractivity contribution in [1.29, 1.82) is 0 Å². The maximum atomic E-state index is 5.57. The van der Waals surface area contributed by atoms with Crippen molar-refractivity contribution >= 4 is 15.9 Å². The SMILES string of the molecule is CCn1ncc(Br)c1C(NC)c1occc1C. The molecular formula is C12H16BrN3O. The predicted molar refractivity (Wildman–Crippen MR) is 69.9 cm³/mol. The summed E-state index contributed by atoms with van der Waals surface area (Å²) >= 11 is 3.54. The Morgan fingerprint density at radius 2 is 2.35 bits per heavy atom. The van der Waals surface area contributed by atoms with Gasteiger partial charge in [-0.1, -0.05) is 0 Å². The third-order valence-electron chi connectivity index (χ3n) is 2.86. The lowest BCUT2D eigenvalue weighted by Crippen LogP contribution is -2.22. The lowest BCUT2D eigenvalue weighted by Gasteiger charge is -2.17. The van der Waals surface area contributed by atoms with Gasteiger partial charge in [0.25, 0.3) is 0 Å². The minimum absolute atomic E-state index is 0.0156. The smallest absolute Gasteiger partial charge is 0.129 e. The number of hydrogen-bond donors (Lipinski definition) is 1. The van der Waals surface area contributed by atoms with Gasteiger partial charge in [-0.3, -0.25) is 4.68 Å². The second kappa shape index (κ2) is 5.06. The maximum Gasteiger partial charge on any atom is 0.129 e. The lowest BCUT2D eigenvalue weighted by atomic mass is 10.1. The number of halogens is 1. The van der Waals surface area contributed by atoms with Gasteiger partial charge < -0.3 is 9.73 Å². The van der Waals surface area contributed by atoms with E-state index in [0.29, 0.717) is 0 Å². The highest BCUT2D eigenvalue weighted by Gasteiger charge is 2.23. The molecule has 1 unspecified atom stereocenters. The van der Waals surface area contributed by atoms with Crippen LogP contribution in [0.4, 0.5) is 0 Å². The Hall–Kier alpha value is -1.07. The molecule has 2 aromatic heterocycles. The first kappa shape index (κ1) is 12.4. The van der Waals surface area contributed by atoms with Crippen molar-refractivity contribution in [3.8, 4) is 0 Å². The maximum absolute atomic E-state index is 5.57. The number of nitrogens with zero attached hydrogens (tertiary/aromatic N) is 2. The fourth-order valence-electron chi connectivity index (χ4n) is 1.98. The Kier molecular flexibility index (Phi) is 3.69. The van der Waals surface area contributed by atoms with Gasteiger partial charge in [0.05, 0.1) is 22.6 Å². The zero-order valence-electron chi connectivity index (χ0n) is 10.2. The molecule has 0 radical (unpaired) electrons. The molecule has 4 nitrogen and oxygen atoms in total. The first-order valence-electron chi connectivity index (χ1n) is 5.61. The molecule has 2 heterocycles. The first-order chi connectivity index (χ1) is 8.19. The summed E-state index contributed by atoms with van der Waals surface area (Å²) < 4.78 is 8.53. The van der Waals surface area contributed by atoms with Crippen molar-refractivity contribution in [3.63, 3.8) is 0 Å². The van der Waals surface area contributed by atoms with E-state index < -0.39 is 0 Å². The van der Waals surface area contributed by atoms with Gasteiger partial charge in [0, 0.05) is 6.54 Å². The van der Waals surface area contributed by atoms with Crippen LogP contribution in [0.25, 0.3) is 0 Å². The topological polar surface area (TPSA) is 43.0 Å². The highest BCUT2D eigenvalue weighted by atomic mass is 79.9. The van der Waals surface area contributed by atoms with Crippen molar-refractivity contribution in [1.82, 2.24) is 15.1 Å². The van der Waals surface area contributed by atoms with Gasteiger partial charge in [0.2, 0.25) is 0 Å². The summed E-state index contributed by atoms with van der Waals surface area (Å²) in [7, 11) is 1.92. The van der Waals surface area contributed by atoms with E-state index in [-0.39, 0.29) is 6.04 Å². The summed E-state index contributed by atoms with van der Waals surface area (Å²) in [5, 5.41) is 7.61. The first-order valence-corrected chi connectivity index (χ1v) is 6.40. The zero-order chi connectivity index (χ0) is 12.4. The van der Waals surface area contributed by atoms with Crippen LogP contribution in [0.2, 0.25) is 0 Å². The van der Waals surface area contributed by atoms with Crippen LogP contribution in [-0.4, -0.2) is 16.8 Å². The van der Waals surface area contributed by atoms with Crippen LogP contribution >= 0.6 is 15.9 Å². The second-order valence-corrected chi connectivity index (χ2v) is 4.74. The summed E-state index contributed by atoms with van der Waals surface area (Å²) in [6, 6.07) is 1.99. The fraction of sp³-hybridized carbons (Fsp3) is 0.417. The summed E-state index contributed by atoms with van der Waals surface area (Å²) in [5.74, 6) is 0.934. The van der Waals surface area contributed by atoms with E-state index in [1.807, 2.05) is 30.9 Å². The van der Waals surface area contributed by atoms with Gasteiger partial charge in [-0.15, -0.1) is 0 Å². The molecule has 0 spiro atoms. The Morgan fingerprint density at radius 1 is 1.59 bits per heavy atom. The van der Waals surface area contributed by atoms with E-state index in [9.17, 15) is 0 Å². The van der Waals surface area contributed by atoms with Gasteiger partial charge in [0.15, 0.2) is 0 Å². The molecule has 0 saturated heterocycles. The largest absolute Gasteiger partial charge is 0.467 e. The summed E-state index contributed by atoms with van der Waals surface area (Å²) in [4.78, 5) is 0. The van der Waals surface area contributed by atoms with E-state index in [0.717, 1.165) is 28.0 Å². The van der Waals surface area contributed by atoms with Crippen LogP contribution in [0.1, 0.15) is 30.0 Å². The van der Waals surface area contributed by atoms with Gasteiger partial charge in [-0.05, 0) is 48.5 Å². The molecule has 0 bridgehead atoms. The quantitative estimate of drug-likeness (QED) is 0.944. The molecule has 0 amide bonds. The second-order valence-electron chi connectivity index (χ2n) is 3.88. The van der Waals surface area contributed by atoms with Crippen molar-refractivity contribution < 1.29 is 4.42 Å². The number of furan rings is 1. The number of aromatic nitrogens is 2. The molecule has 5 heteroatoms. The molecule has 2 rings (SSSR count). The fourth-order valence-corrected chi connectivity index (χ4v) is 2.51. The lowest BCUT2D eigenvalue weighted by molar-refractivity contribution is 0.440. The molecular weight excluding hydrogens is 282 g/mol. The molecule has 0 aliphatic carbocycles. The van der Waals surface area contributed by atoms with Gasteiger partial charge >= 0.3 is 0 Å². The van der Waals surface area contributed by atoms with Crippen LogP contribution in [0.15, 0.2) is 27.4 Å². The number of rotatable bonds is 4. The van der Waals surface area contributed by atoms with E-state index >= 15 is 0 Å². The molecule has 0 fully saturated rings. The number of nitrogens with one attached hydrogen (secondary N) is 1. The highest BCUT2D eigenvalue weighted by molar-refractivity contribution is 9.10. The van der Waals surface area contributed by atoms with Crippen LogP contribution in [0, 0.1) is 6.92 Å². The van der Waals surface area contributed by atoms with Crippen molar-refractivity contribution in [3.05, 3.63) is 40.0 Å². The van der Waals surface area contributed by atoms with E-state index in [4.69, 9.17) is 4.42 Å². The Balaban J connectivity index is 2.49. The Morgan fingerprint density at radius 3 is 2.88 bits per heavy atom. The van der Waals surface area contributed by atoms with E-state index in [1.54, 1.807) is 6.26 Å². The highest BCUT2D eigenvalue weighted by Crippen LogP contribution is 2.30. The van der Waals surface area contributed by atoms with E-state index in [2.05, 4.69) is 33.3 Å². The van der Waals surface area contributed by atoms with Gasteiger partial charge in [0.1, 0.15) is 11.8 Å². The summed E-state index contributed by atoms with van der Waals surface area (Å²) in [5.41, 5.74) is 2.23. The molecule has 0 aliphatic rings.